The first-order chi connectivity index (χ1) is 7.54. The number of anilines is 1. The minimum absolute atomic E-state index is 0.506. The molecule has 0 bridgehead atoms. The maximum Gasteiger partial charge on any atom is 0.0439 e. The first-order valence-electron chi connectivity index (χ1n) is 5.58. The monoisotopic (exact) mass is 237 g/mol. The molecule has 1 aromatic rings. The molecule has 0 saturated heterocycles. The third kappa shape index (κ3) is 3.57. The van der Waals surface area contributed by atoms with E-state index in [1.54, 1.807) is 0 Å². The molecular formula is C14H20ClN. The highest BCUT2D eigenvalue weighted by Crippen LogP contribution is 2.18. The largest absolute Gasteiger partial charge is 0.378 e. The fourth-order valence-corrected chi connectivity index (χ4v) is 1.83. The topological polar surface area (TPSA) is 3.24 Å². The lowest BCUT2D eigenvalue weighted by Gasteiger charge is -2.12. The van der Waals surface area contributed by atoms with Crippen molar-refractivity contribution >= 4 is 23.4 Å². The number of nitrogens with zero attached hydrogens (tertiary/aromatic N) is 1. The smallest absolute Gasteiger partial charge is 0.0439 e. The number of halogens is 1. The van der Waals surface area contributed by atoms with Gasteiger partial charge in [-0.1, -0.05) is 37.6 Å². The summed E-state index contributed by atoms with van der Waals surface area (Å²) >= 11 is 5.92. The van der Waals surface area contributed by atoms with E-state index in [1.165, 1.54) is 16.8 Å². The Kier molecular flexibility index (Phi) is 4.88. The van der Waals surface area contributed by atoms with Crippen molar-refractivity contribution in [3.05, 3.63) is 35.4 Å². The summed E-state index contributed by atoms with van der Waals surface area (Å²) in [6.45, 7) is 4.34. The van der Waals surface area contributed by atoms with Gasteiger partial charge in [0.1, 0.15) is 0 Å². The minimum atomic E-state index is 0.506. The van der Waals surface area contributed by atoms with Crippen LogP contribution in [0.2, 0.25) is 0 Å². The summed E-state index contributed by atoms with van der Waals surface area (Å²) in [4.78, 5) is 2.10. The Hall–Kier alpha value is -0.950. The second-order valence-corrected chi connectivity index (χ2v) is 4.76. The van der Waals surface area contributed by atoms with Gasteiger partial charge in [0.15, 0.2) is 0 Å². The molecule has 0 fully saturated rings. The molecule has 16 heavy (non-hydrogen) atoms. The zero-order valence-corrected chi connectivity index (χ0v) is 11.3. The van der Waals surface area contributed by atoms with Gasteiger partial charge in [-0.05, 0) is 23.6 Å². The lowest BCUT2D eigenvalue weighted by atomic mass is 10.0. The molecule has 0 amide bonds. The predicted octanol–water partition coefficient (Wildman–Crippen LogP) is 4.03. The summed E-state index contributed by atoms with van der Waals surface area (Å²) in [7, 11) is 4.09. The van der Waals surface area contributed by atoms with Gasteiger partial charge in [0.2, 0.25) is 0 Å². The van der Waals surface area contributed by atoms with Crippen LogP contribution in [0.1, 0.15) is 19.4 Å². The van der Waals surface area contributed by atoms with Crippen LogP contribution >= 0.6 is 11.6 Å². The lowest BCUT2D eigenvalue weighted by Crippen LogP contribution is -2.07. The average Bonchev–Trinajstić information content (AvgIpc) is 2.26. The van der Waals surface area contributed by atoms with E-state index in [0.717, 1.165) is 0 Å². The molecule has 0 atom stereocenters. The Balaban J connectivity index is 2.89. The molecule has 0 aliphatic rings. The molecule has 0 saturated carbocycles. The molecule has 0 aliphatic heterocycles. The Bertz CT molecular complexity index is 350. The van der Waals surface area contributed by atoms with Gasteiger partial charge in [-0.15, -0.1) is 11.6 Å². The van der Waals surface area contributed by atoms with Crippen LogP contribution in [0.15, 0.2) is 29.8 Å². The molecule has 88 valence electrons. The van der Waals surface area contributed by atoms with Crippen LogP contribution in [0.3, 0.4) is 0 Å². The number of rotatable bonds is 4. The van der Waals surface area contributed by atoms with E-state index in [-0.39, 0.29) is 0 Å². The van der Waals surface area contributed by atoms with E-state index in [9.17, 15) is 0 Å². The van der Waals surface area contributed by atoms with Gasteiger partial charge in [0.25, 0.3) is 0 Å². The molecule has 1 aromatic carbocycles. The van der Waals surface area contributed by atoms with E-state index in [0.29, 0.717) is 11.8 Å². The Morgan fingerprint density at radius 3 is 2.19 bits per heavy atom. The fourth-order valence-electron chi connectivity index (χ4n) is 1.44. The van der Waals surface area contributed by atoms with Gasteiger partial charge in [-0.3, -0.25) is 0 Å². The normalized spacial score (nSPS) is 12.0. The number of allylic oxidation sites excluding steroid dienone is 1. The van der Waals surface area contributed by atoms with Crippen molar-refractivity contribution in [1.29, 1.82) is 0 Å². The predicted molar refractivity (Wildman–Crippen MR) is 74.3 cm³/mol. The van der Waals surface area contributed by atoms with Crippen molar-refractivity contribution in [2.75, 3.05) is 24.9 Å². The second-order valence-electron chi connectivity index (χ2n) is 4.49. The van der Waals surface area contributed by atoms with Gasteiger partial charge in [0.05, 0.1) is 0 Å². The van der Waals surface area contributed by atoms with E-state index in [4.69, 9.17) is 11.6 Å². The summed E-state index contributed by atoms with van der Waals surface area (Å²) in [5.41, 5.74) is 3.71. The molecular weight excluding hydrogens is 218 g/mol. The van der Waals surface area contributed by atoms with Gasteiger partial charge in [-0.25, -0.2) is 0 Å². The van der Waals surface area contributed by atoms with Crippen molar-refractivity contribution in [3.8, 4) is 0 Å². The zero-order chi connectivity index (χ0) is 12.1. The molecule has 0 spiro atoms. The van der Waals surface area contributed by atoms with E-state index < -0.39 is 0 Å². The van der Waals surface area contributed by atoms with Crippen LogP contribution in [0, 0.1) is 5.92 Å². The molecule has 1 nitrogen and oxygen atoms in total. The highest BCUT2D eigenvalue weighted by atomic mass is 35.5. The highest BCUT2D eigenvalue weighted by Gasteiger charge is 2.02. The van der Waals surface area contributed by atoms with Crippen LogP contribution in [0.5, 0.6) is 0 Å². The van der Waals surface area contributed by atoms with Crippen LogP contribution in [-0.2, 0) is 0 Å². The van der Waals surface area contributed by atoms with Gasteiger partial charge >= 0.3 is 0 Å². The zero-order valence-electron chi connectivity index (χ0n) is 10.5. The number of hydrogen-bond acceptors (Lipinski definition) is 1. The number of alkyl halides is 1. The van der Waals surface area contributed by atoms with E-state index in [2.05, 4.69) is 49.1 Å². The summed E-state index contributed by atoms with van der Waals surface area (Å²) in [5.74, 6) is 1.11. The molecule has 0 N–H and O–H groups in total. The molecule has 2 heteroatoms. The second kappa shape index (κ2) is 5.95. The first-order valence-corrected chi connectivity index (χ1v) is 6.12. The fraction of sp³-hybridized carbons (Fsp3) is 0.429. The van der Waals surface area contributed by atoms with Crippen LogP contribution in [0.25, 0.3) is 6.08 Å². The summed E-state index contributed by atoms with van der Waals surface area (Å²) in [6, 6.07) is 8.50. The maximum absolute atomic E-state index is 5.92. The quantitative estimate of drug-likeness (QED) is 0.715. The number of benzene rings is 1. The van der Waals surface area contributed by atoms with Crippen LogP contribution in [0.4, 0.5) is 5.69 Å². The lowest BCUT2D eigenvalue weighted by molar-refractivity contribution is 0.778. The molecule has 0 heterocycles. The molecule has 0 radical (unpaired) electrons. The van der Waals surface area contributed by atoms with Gasteiger partial charge in [-0.2, -0.15) is 0 Å². The van der Waals surface area contributed by atoms with Crippen LogP contribution < -0.4 is 4.90 Å². The van der Waals surface area contributed by atoms with Crippen molar-refractivity contribution in [1.82, 2.24) is 0 Å². The highest BCUT2D eigenvalue weighted by molar-refractivity contribution is 6.19. The van der Waals surface area contributed by atoms with Gasteiger partial charge in [0, 0.05) is 25.7 Å². The van der Waals surface area contributed by atoms with E-state index >= 15 is 0 Å². The average molecular weight is 238 g/mol. The van der Waals surface area contributed by atoms with Crippen molar-refractivity contribution in [3.63, 3.8) is 0 Å². The standard InChI is InChI=1S/C14H20ClN/c1-11(2)13(10-15)9-12-5-7-14(8-6-12)16(3)4/h5-9,11H,10H2,1-4H3. The third-order valence-electron chi connectivity index (χ3n) is 2.66. The molecule has 0 aliphatic carbocycles. The van der Waals surface area contributed by atoms with E-state index in [1.807, 2.05) is 14.1 Å². The Morgan fingerprint density at radius 1 is 1.25 bits per heavy atom. The Labute approximate surface area is 104 Å². The molecule has 0 unspecified atom stereocenters. The van der Waals surface area contributed by atoms with Crippen molar-refractivity contribution in [2.45, 2.75) is 13.8 Å². The minimum Gasteiger partial charge on any atom is -0.378 e. The van der Waals surface area contributed by atoms with Crippen LogP contribution in [-0.4, -0.2) is 20.0 Å². The Morgan fingerprint density at radius 2 is 1.81 bits per heavy atom. The summed E-state index contributed by atoms with van der Waals surface area (Å²) in [5, 5.41) is 0. The number of hydrogen-bond donors (Lipinski definition) is 0. The maximum atomic E-state index is 5.92. The first kappa shape index (κ1) is 13.1. The van der Waals surface area contributed by atoms with Crippen molar-refractivity contribution < 1.29 is 0 Å². The third-order valence-corrected chi connectivity index (χ3v) is 2.97. The summed E-state index contributed by atoms with van der Waals surface area (Å²) in [6.07, 6.45) is 2.18. The SMILES string of the molecule is CC(C)C(=Cc1ccc(N(C)C)cc1)CCl. The molecule has 1 rings (SSSR count). The summed E-state index contributed by atoms with van der Waals surface area (Å²) < 4.78 is 0. The molecule has 0 aromatic heterocycles. The van der Waals surface area contributed by atoms with Crippen molar-refractivity contribution in [2.24, 2.45) is 5.92 Å². The van der Waals surface area contributed by atoms with Gasteiger partial charge < -0.3 is 4.90 Å².